The number of hydrogen-bond donors (Lipinski definition) is 1. The van der Waals surface area contributed by atoms with E-state index in [1.807, 2.05) is 48.5 Å². The molecule has 1 N–H and O–H groups in total. The molecule has 3 aromatic carbocycles. The summed E-state index contributed by atoms with van der Waals surface area (Å²) in [6.07, 6.45) is 12.1. The van der Waals surface area contributed by atoms with Gasteiger partial charge < -0.3 is 14.6 Å². The number of esters is 1. The van der Waals surface area contributed by atoms with E-state index in [-0.39, 0.29) is 5.92 Å². The number of unbranched alkanes of at least 4 members (excludes halogenated alkanes) is 7. The van der Waals surface area contributed by atoms with Crippen LogP contribution in [0.1, 0.15) is 86.2 Å². The van der Waals surface area contributed by atoms with Crippen LogP contribution in [-0.4, -0.2) is 23.7 Å². The van der Waals surface area contributed by atoms with Crippen molar-refractivity contribution in [3.63, 3.8) is 0 Å². The lowest BCUT2D eigenvalue weighted by atomic mass is 9.84. The van der Waals surface area contributed by atoms with Crippen molar-refractivity contribution in [2.24, 2.45) is 5.92 Å². The van der Waals surface area contributed by atoms with E-state index in [2.05, 4.69) is 6.92 Å². The molecular weight excluding hydrogens is 488 g/mol. The second kappa shape index (κ2) is 14.5. The minimum absolute atomic E-state index is 0.340. The largest absolute Gasteiger partial charge is 0.494 e. The third kappa shape index (κ3) is 8.44. The van der Waals surface area contributed by atoms with Gasteiger partial charge in [-0.2, -0.15) is 0 Å². The first-order valence-electron chi connectivity index (χ1n) is 14.4. The lowest BCUT2D eigenvalue weighted by Gasteiger charge is -2.21. The van der Waals surface area contributed by atoms with Crippen LogP contribution in [0.5, 0.6) is 11.5 Å². The van der Waals surface area contributed by atoms with Crippen LogP contribution in [0, 0.1) is 5.92 Å². The predicted molar refractivity (Wildman–Crippen MR) is 155 cm³/mol. The molecule has 0 fully saturated rings. The molecule has 0 saturated heterocycles. The molecule has 0 spiro atoms. The van der Waals surface area contributed by atoms with Crippen molar-refractivity contribution in [2.75, 3.05) is 6.61 Å². The minimum atomic E-state index is -0.752. The van der Waals surface area contributed by atoms with Gasteiger partial charge in [0.2, 0.25) is 0 Å². The Bertz CT molecular complexity index is 1210. The van der Waals surface area contributed by atoms with Crippen LogP contribution in [-0.2, 0) is 17.6 Å². The molecule has 206 valence electrons. The van der Waals surface area contributed by atoms with Crippen molar-refractivity contribution in [2.45, 2.75) is 77.6 Å². The Morgan fingerprint density at radius 1 is 0.769 bits per heavy atom. The average molecular weight is 529 g/mol. The zero-order chi connectivity index (χ0) is 27.5. The van der Waals surface area contributed by atoms with Gasteiger partial charge in [0.05, 0.1) is 18.1 Å². The van der Waals surface area contributed by atoms with E-state index < -0.39 is 11.9 Å². The van der Waals surface area contributed by atoms with E-state index in [0.717, 1.165) is 41.0 Å². The highest BCUT2D eigenvalue weighted by Crippen LogP contribution is 2.29. The standard InChI is InChI=1S/C34H40O5/c1-2-3-4-5-6-7-8-9-22-38-31-19-16-26(17-20-31)25-10-12-27(13-11-25)34(37)39-32-21-18-28-23-30(33(35)36)15-14-29(28)24-32/h10-13,16-21,24,30H,2-9,14-15,22-23H2,1H3,(H,35,36). The summed E-state index contributed by atoms with van der Waals surface area (Å²) < 4.78 is 11.5. The number of carbonyl (C=O) groups excluding carboxylic acids is 1. The van der Waals surface area contributed by atoms with E-state index in [0.29, 0.717) is 30.6 Å². The minimum Gasteiger partial charge on any atom is -0.494 e. The van der Waals surface area contributed by atoms with Crippen LogP contribution in [0.15, 0.2) is 66.7 Å². The molecular formula is C34H40O5. The maximum absolute atomic E-state index is 12.7. The molecule has 1 unspecified atom stereocenters. The van der Waals surface area contributed by atoms with Gasteiger partial charge >= 0.3 is 11.9 Å². The van der Waals surface area contributed by atoms with Gasteiger partial charge in [-0.05, 0) is 84.3 Å². The highest BCUT2D eigenvalue weighted by molar-refractivity contribution is 5.91. The van der Waals surface area contributed by atoms with E-state index in [1.165, 1.54) is 44.9 Å². The van der Waals surface area contributed by atoms with Crippen LogP contribution in [0.4, 0.5) is 0 Å². The Balaban J connectivity index is 1.23. The number of carboxylic acid groups (broad SMARTS) is 1. The van der Waals surface area contributed by atoms with Crippen molar-refractivity contribution < 1.29 is 24.2 Å². The summed E-state index contributed by atoms with van der Waals surface area (Å²) in [6.45, 7) is 3.00. The summed E-state index contributed by atoms with van der Waals surface area (Å²) in [5.41, 5.74) is 4.63. The van der Waals surface area contributed by atoms with Gasteiger partial charge in [-0.3, -0.25) is 4.79 Å². The summed E-state index contributed by atoms with van der Waals surface area (Å²) in [5, 5.41) is 9.27. The third-order valence-corrected chi connectivity index (χ3v) is 7.54. The molecule has 0 aliphatic heterocycles. The van der Waals surface area contributed by atoms with Gasteiger partial charge in [0, 0.05) is 0 Å². The first-order valence-corrected chi connectivity index (χ1v) is 14.4. The number of ether oxygens (including phenoxy) is 2. The lowest BCUT2D eigenvalue weighted by molar-refractivity contribution is -0.142. The molecule has 3 aromatic rings. The fraction of sp³-hybridized carbons (Fsp3) is 0.412. The molecule has 1 aliphatic carbocycles. The van der Waals surface area contributed by atoms with Crippen LogP contribution in [0.25, 0.3) is 11.1 Å². The monoisotopic (exact) mass is 528 g/mol. The molecule has 5 heteroatoms. The molecule has 0 heterocycles. The molecule has 4 rings (SSSR count). The zero-order valence-corrected chi connectivity index (χ0v) is 23.0. The number of carbonyl (C=O) groups is 2. The fourth-order valence-corrected chi connectivity index (χ4v) is 5.14. The summed E-state index contributed by atoms with van der Waals surface area (Å²) in [5.74, 6) is -0.138. The van der Waals surface area contributed by atoms with Gasteiger partial charge in [-0.1, -0.05) is 82.2 Å². The highest BCUT2D eigenvalue weighted by atomic mass is 16.5. The van der Waals surface area contributed by atoms with Crippen LogP contribution in [0.3, 0.4) is 0 Å². The van der Waals surface area contributed by atoms with E-state index in [4.69, 9.17) is 9.47 Å². The molecule has 39 heavy (non-hydrogen) atoms. The molecule has 0 aromatic heterocycles. The lowest BCUT2D eigenvalue weighted by Crippen LogP contribution is -2.22. The summed E-state index contributed by atoms with van der Waals surface area (Å²) in [7, 11) is 0. The van der Waals surface area contributed by atoms with Gasteiger partial charge in [0.25, 0.3) is 0 Å². The van der Waals surface area contributed by atoms with Gasteiger partial charge in [-0.25, -0.2) is 4.79 Å². The van der Waals surface area contributed by atoms with Crippen molar-refractivity contribution in [1.29, 1.82) is 0 Å². The topological polar surface area (TPSA) is 72.8 Å². The quantitative estimate of drug-likeness (QED) is 0.129. The first-order chi connectivity index (χ1) is 19.0. The van der Waals surface area contributed by atoms with Crippen molar-refractivity contribution in [3.05, 3.63) is 83.4 Å². The number of hydrogen-bond acceptors (Lipinski definition) is 4. The summed E-state index contributed by atoms with van der Waals surface area (Å²) in [4.78, 5) is 24.0. The molecule has 0 radical (unpaired) electrons. The first kappa shape index (κ1) is 28.4. The molecule has 5 nitrogen and oxygen atoms in total. The van der Waals surface area contributed by atoms with Gasteiger partial charge in [-0.15, -0.1) is 0 Å². The molecule has 1 atom stereocenters. The fourth-order valence-electron chi connectivity index (χ4n) is 5.14. The van der Waals surface area contributed by atoms with Crippen molar-refractivity contribution in [3.8, 4) is 22.6 Å². The number of aryl methyl sites for hydroxylation is 1. The Kier molecular flexibility index (Phi) is 10.6. The number of carboxylic acids is 1. The van der Waals surface area contributed by atoms with Crippen LogP contribution in [0.2, 0.25) is 0 Å². The van der Waals surface area contributed by atoms with Crippen LogP contribution < -0.4 is 9.47 Å². The number of benzene rings is 3. The molecule has 0 bridgehead atoms. The molecule has 0 saturated carbocycles. The third-order valence-electron chi connectivity index (χ3n) is 7.54. The average Bonchev–Trinajstić information content (AvgIpc) is 2.96. The van der Waals surface area contributed by atoms with E-state index >= 15 is 0 Å². The Morgan fingerprint density at radius 3 is 2.05 bits per heavy atom. The Hall–Kier alpha value is -3.60. The maximum atomic E-state index is 12.7. The Labute approximate surface area is 232 Å². The highest BCUT2D eigenvalue weighted by Gasteiger charge is 2.24. The summed E-state index contributed by atoms with van der Waals surface area (Å²) in [6, 6.07) is 21.0. The number of aliphatic carboxylic acids is 1. The van der Waals surface area contributed by atoms with Gasteiger partial charge in [0.15, 0.2) is 0 Å². The SMILES string of the molecule is CCCCCCCCCCOc1ccc(-c2ccc(C(=O)Oc3ccc4c(c3)CCC(C(=O)O)C4)cc2)cc1. The maximum Gasteiger partial charge on any atom is 0.343 e. The summed E-state index contributed by atoms with van der Waals surface area (Å²) >= 11 is 0. The second-order valence-corrected chi connectivity index (χ2v) is 10.5. The van der Waals surface area contributed by atoms with Crippen molar-refractivity contribution >= 4 is 11.9 Å². The van der Waals surface area contributed by atoms with E-state index in [1.54, 1.807) is 18.2 Å². The second-order valence-electron chi connectivity index (χ2n) is 10.5. The van der Waals surface area contributed by atoms with Crippen LogP contribution >= 0.6 is 0 Å². The normalized spacial score (nSPS) is 14.4. The van der Waals surface area contributed by atoms with Crippen molar-refractivity contribution in [1.82, 2.24) is 0 Å². The molecule has 0 amide bonds. The predicted octanol–water partition coefficient (Wildman–Crippen LogP) is 8.28. The Morgan fingerprint density at radius 2 is 1.38 bits per heavy atom. The van der Waals surface area contributed by atoms with E-state index in [9.17, 15) is 14.7 Å². The molecule has 1 aliphatic rings. The number of rotatable bonds is 14. The smallest absolute Gasteiger partial charge is 0.343 e. The zero-order valence-electron chi connectivity index (χ0n) is 23.0. The number of fused-ring (bicyclic) bond motifs is 1. The van der Waals surface area contributed by atoms with Gasteiger partial charge in [0.1, 0.15) is 11.5 Å².